The summed E-state index contributed by atoms with van der Waals surface area (Å²) < 4.78 is 41.6. The van der Waals surface area contributed by atoms with Crippen molar-refractivity contribution in [3.05, 3.63) is 119 Å². The predicted molar refractivity (Wildman–Crippen MR) is 223 cm³/mol. The molecule has 2 N–H and O–H groups in total. The molecule has 0 radical (unpaired) electrons. The van der Waals surface area contributed by atoms with Crippen LogP contribution in [0.2, 0.25) is 0 Å². The molecule has 0 aromatic heterocycles. The van der Waals surface area contributed by atoms with Gasteiger partial charge in [0.2, 0.25) is 0 Å². The highest BCUT2D eigenvalue weighted by Crippen LogP contribution is 2.47. The summed E-state index contributed by atoms with van der Waals surface area (Å²) in [7, 11) is 2.03. The van der Waals surface area contributed by atoms with Crippen molar-refractivity contribution in [3.63, 3.8) is 0 Å². The van der Waals surface area contributed by atoms with E-state index in [2.05, 4.69) is 28.9 Å². The van der Waals surface area contributed by atoms with Gasteiger partial charge in [0, 0.05) is 65.2 Å². The zero-order chi connectivity index (χ0) is 43.3. The highest BCUT2D eigenvalue weighted by Gasteiger charge is 2.52. The highest BCUT2D eigenvalue weighted by molar-refractivity contribution is 7.80. The fourth-order valence-electron chi connectivity index (χ4n) is 7.50. The van der Waals surface area contributed by atoms with E-state index in [1.807, 2.05) is 79.9 Å². The number of nitrogens with one attached hydrogen (secondary N) is 1. The molecule has 3 aromatic carbocycles. The van der Waals surface area contributed by atoms with Gasteiger partial charge in [0.25, 0.3) is 0 Å². The summed E-state index contributed by atoms with van der Waals surface area (Å²) in [6.45, 7) is 9.89. The van der Waals surface area contributed by atoms with E-state index in [0.717, 1.165) is 27.8 Å². The normalized spacial score (nSPS) is 25.1. The molecule has 2 heterocycles. The smallest absolute Gasteiger partial charge is 0.303 e. The van der Waals surface area contributed by atoms with Gasteiger partial charge in [0.15, 0.2) is 24.6 Å². The van der Waals surface area contributed by atoms with Crippen LogP contribution in [0.4, 0.5) is 0 Å². The maximum absolute atomic E-state index is 12.3. The number of ether oxygens (including phenoxy) is 7. The molecular formula is C45H54N2O12S. The van der Waals surface area contributed by atoms with Crippen molar-refractivity contribution in [1.82, 2.24) is 10.2 Å². The fraction of sp³-hybridized carbons (Fsp3) is 0.444. The minimum Gasteiger partial charge on any atom is -0.463 e. The number of aliphatic hydroxyl groups is 1. The number of nitrogens with zero attached hydrogens (tertiary/aromatic N) is 1. The molecule has 0 saturated carbocycles. The molecule has 2 aliphatic rings. The van der Waals surface area contributed by atoms with E-state index in [-0.39, 0.29) is 37.8 Å². The molecule has 0 amide bonds. The van der Waals surface area contributed by atoms with E-state index < -0.39 is 60.7 Å². The van der Waals surface area contributed by atoms with Crippen molar-refractivity contribution in [3.8, 4) is 0 Å². The SMILES string of the molecule is C=CCN(C)CC1OC(c2ccc(CNC(=S)CC3OC(COC(C)=O)C(OC(C)=O)C(OC(C)=O)C3OC(C)=O)cc2)OC(c2ccc(CO)cc2)C1c1ccccc1. The molecule has 0 spiro atoms. The van der Waals surface area contributed by atoms with Crippen LogP contribution in [0.3, 0.4) is 0 Å². The first-order chi connectivity index (χ1) is 28.8. The first-order valence-corrected chi connectivity index (χ1v) is 20.2. The van der Waals surface area contributed by atoms with Crippen LogP contribution in [0.15, 0.2) is 91.5 Å². The summed E-state index contributed by atoms with van der Waals surface area (Å²) in [5.74, 6) is -2.85. The van der Waals surface area contributed by atoms with E-state index in [0.29, 0.717) is 24.6 Å². The van der Waals surface area contributed by atoms with Gasteiger partial charge in [-0.3, -0.25) is 19.2 Å². The monoisotopic (exact) mass is 846 g/mol. The number of thiocarbonyl (C=S) groups is 1. The van der Waals surface area contributed by atoms with E-state index >= 15 is 0 Å². The van der Waals surface area contributed by atoms with Crippen molar-refractivity contribution in [2.75, 3.05) is 26.7 Å². The number of carbonyl (C=O) groups is 4. The van der Waals surface area contributed by atoms with Crippen LogP contribution >= 0.6 is 12.2 Å². The highest BCUT2D eigenvalue weighted by atomic mass is 32.1. The Bertz CT molecular complexity index is 1930. The second-order valence-corrected chi connectivity index (χ2v) is 15.4. The van der Waals surface area contributed by atoms with Gasteiger partial charge in [-0.25, -0.2) is 0 Å². The van der Waals surface area contributed by atoms with Gasteiger partial charge in [-0.1, -0.05) is 97.2 Å². The molecule has 2 fully saturated rings. The second-order valence-electron chi connectivity index (χ2n) is 14.9. The Hall–Kier alpha value is -5.03. The molecule has 15 heteroatoms. The molecule has 14 nitrogen and oxygen atoms in total. The third-order valence-corrected chi connectivity index (χ3v) is 10.4. The molecule has 60 heavy (non-hydrogen) atoms. The van der Waals surface area contributed by atoms with Gasteiger partial charge in [-0.15, -0.1) is 6.58 Å². The number of esters is 4. The number of rotatable bonds is 17. The third-order valence-electron chi connectivity index (χ3n) is 10.1. The minimum atomic E-state index is -1.28. The first kappa shape index (κ1) is 46.0. The van der Waals surface area contributed by atoms with Gasteiger partial charge in [0.1, 0.15) is 18.8 Å². The Morgan fingerprint density at radius 2 is 1.32 bits per heavy atom. The van der Waals surface area contributed by atoms with Crippen molar-refractivity contribution >= 4 is 41.1 Å². The second kappa shape index (κ2) is 22.0. The summed E-state index contributed by atoms with van der Waals surface area (Å²) in [5, 5.41) is 12.9. The topological polar surface area (TPSA) is 168 Å². The zero-order valence-electron chi connectivity index (χ0n) is 34.5. The lowest BCUT2D eigenvalue weighted by Crippen LogP contribution is -2.62. The molecule has 3 aromatic rings. The minimum absolute atomic E-state index is 0.0151. The molecule has 9 unspecified atom stereocenters. The summed E-state index contributed by atoms with van der Waals surface area (Å²) in [4.78, 5) is 50.8. The average molecular weight is 847 g/mol. The molecule has 2 saturated heterocycles. The van der Waals surface area contributed by atoms with Crippen LogP contribution in [0.5, 0.6) is 0 Å². The number of carbonyl (C=O) groups excluding carboxylic acids is 4. The largest absolute Gasteiger partial charge is 0.463 e. The Labute approximate surface area is 356 Å². The summed E-state index contributed by atoms with van der Waals surface area (Å²) in [5.41, 5.74) is 4.57. The Kier molecular flexibility index (Phi) is 16.9. The van der Waals surface area contributed by atoms with E-state index in [9.17, 15) is 24.3 Å². The number of likely N-dealkylation sites (N-methyl/N-ethyl adjacent to an activating group) is 1. The number of hydrogen-bond acceptors (Lipinski definition) is 14. The van der Waals surface area contributed by atoms with Crippen molar-refractivity contribution in [2.24, 2.45) is 0 Å². The van der Waals surface area contributed by atoms with Crippen LogP contribution in [-0.4, -0.2) is 102 Å². The van der Waals surface area contributed by atoms with Gasteiger partial charge in [-0.05, 0) is 29.3 Å². The average Bonchev–Trinajstić information content (AvgIpc) is 3.21. The number of hydrogen-bond donors (Lipinski definition) is 2. The molecule has 0 bridgehead atoms. The fourth-order valence-corrected chi connectivity index (χ4v) is 7.73. The Morgan fingerprint density at radius 1 is 0.733 bits per heavy atom. The van der Waals surface area contributed by atoms with Gasteiger partial charge >= 0.3 is 23.9 Å². The molecule has 2 aliphatic heterocycles. The van der Waals surface area contributed by atoms with Crippen LogP contribution in [0, 0.1) is 0 Å². The van der Waals surface area contributed by atoms with Crippen LogP contribution in [-0.2, 0) is 65.5 Å². The molecular weight excluding hydrogens is 793 g/mol. The number of aliphatic hydroxyl groups excluding tert-OH is 1. The van der Waals surface area contributed by atoms with Crippen LogP contribution in [0.25, 0.3) is 0 Å². The van der Waals surface area contributed by atoms with E-state index in [4.69, 9.17) is 45.4 Å². The third kappa shape index (κ3) is 12.7. The lowest BCUT2D eigenvalue weighted by Gasteiger charge is -2.44. The molecule has 0 aliphatic carbocycles. The van der Waals surface area contributed by atoms with Crippen molar-refractivity contribution < 1.29 is 57.4 Å². The summed E-state index contributed by atoms with van der Waals surface area (Å²) >= 11 is 5.72. The molecule has 9 atom stereocenters. The molecule has 322 valence electrons. The van der Waals surface area contributed by atoms with Crippen LogP contribution < -0.4 is 5.32 Å². The van der Waals surface area contributed by atoms with E-state index in [1.165, 1.54) is 27.7 Å². The summed E-state index contributed by atoms with van der Waals surface area (Å²) in [6, 6.07) is 25.8. The zero-order valence-corrected chi connectivity index (χ0v) is 35.3. The Balaban J connectivity index is 1.33. The molecule has 5 rings (SSSR count). The maximum atomic E-state index is 12.3. The van der Waals surface area contributed by atoms with E-state index in [1.54, 1.807) is 0 Å². The van der Waals surface area contributed by atoms with Crippen LogP contribution in [0.1, 0.15) is 80.2 Å². The lowest BCUT2D eigenvalue weighted by molar-refractivity contribution is -0.263. The first-order valence-electron chi connectivity index (χ1n) is 19.8. The van der Waals surface area contributed by atoms with Gasteiger partial charge < -0.3 is 48.5 Å². The summed E-state index contributed by atoms with van der Waals surface area (Å²) in [6.07, 6.45) is -5.22. The van der Waals surface area contributed by atoms with Crippen molar-refractivity contribution in [1.29, 1.82) is 0 Å². The Morgan fingerprint density at radius 3 is 1.90 bits per heavy atom. The standard InChI is InChI=1S/C45H54N2O12S/c1-7-21-47(6)24-37-40(33-11-9-8-10-12-33)41(34-17-15-32(25-48)16-18-34)59-45(58-37)35-19-13-31(14-20-35)23-46-39(60)22-36-42(54-28(3)50)44(56-30(5)52)43(55-29(4)51)38(57-36)26-53-27(2)49/h7-20,36-38,40-45,48H,1,21-26H2,2-6H3,(H,46,60). The predicted octanol–water partition coefficient (Wildman–Crippen LogP) is 5.17. The number of benzene rings is 3. The van der Waals surface area contributed by atoms with Gasteiger partial charge in [0.05, 0.1) is 23.8 Å². The quantitative estimate of drug-likeness (QED) is 0.0790. The maximum Gasteiger partial charge on any atom is 0.303 e. The lowest BCUT2D eigenvalue weighted by atomic mass is 9.83. The van der Waals surface area contributed by atoms with Gasteiger partial charge in [-0.2, -0.15) is 0 Å². The van der Waals surface area contributed by atoms with Crippen molar-refractivity contribution in [2.45, 2.75) is 102 Å².